The molecule has 11 rings (SSSR count). The zero-order valence-corrected chi connectivity index (χ0v) is 26.8. The van der Waals surface area contributed by atoms with Gasteiger partial charge in [0, 0.05) is 60.1 Å². The fourth-order valence-electron chi connectivity index (χ4n) is 8.87. The van der Waals surface area contributed by atoms with Gasteiger partial charge in [-0.2, -0.15) is 0 Å². The topological polar surface area (TPSA) is 25.6 Å². The van der Waals surface area contributed by atoms with Gasteiger partial charge in [-0.05, 0) is 76.9 Å². The number of hydrogen-bond acceptors (Lipinski definition) is 0. The van der Waals surface area contributed by atoms with Crippen molar-refractivity contribution in [1.82, 2.24) is 14.1 Å². The molecule has 3 heteroatoms. The summed E-state index contributed by atoms with van der Waals surface area (Å²) in [6.45, 7) is 4.73. The minimum Gasteiger partial charge on any atom is -0.354 e. The first-order valence-corrected chi connectivity index (χ1v) is 16.8. The van der Waals surface area contributed by atoms with Gasteiger partial charge in [0.1, 0.15) is 0 Å². The molecular formula is C45H31N3. The maximum Gasteiger partial charge on any atom is 0.0641 e. The summed E-state index contributed by atoms with van der Waals surface area (Å²) in [5.74, 6) is 0. The van der Waals surface area contributed by atoms with E-state index in [0.29, 0.717) is 0 Å². The second kappa shape index (κ2) is 9.05. The number of nitrogens with zero attached hydrogens (tertiary/aromatic N) is 2. The van der Waals surface area contributed by atoms with Crippen molar-refractivity contribution in [2.45, 2.75) is 19.3 Å². The third-order valence-corrected chi connectivity index (χ3v) is 11.0. The predicted molar refractivity (Wildman–Crippen MR) is 202 cm³/mol. The molecule has 0 aliphatic heterocycles. The van der Waals surface area contributed by atoms with Gasteiger partial charge in [0.2, 0.25) is 0 Å². The first-order valence-electron chi connectivity index (χ1n) is 16.8. The van der Waals surface area contributed by atoms with Crippen molar-refractivity contribution < 1.29 is 0 Å². The highest BCUT2D eigenvalue weighted by molar-refractivity contribution is 6.25. The fraction of sp³-hybridized carbons (Fsp3) is 0.0667. The number of H-pyrrole nitrogens is 1. The summed E-state index contributed by atoms with van der Waals surface area (Å²) in [5, 5.41) is 7.61. The summed E-state index contributed by atoms with van der Waals surface area (Å²) in [4.78, 5) is 3.68. The lowest BCUT2D eigenvalue weighted by atomic mass is 9.82. The van der Waals surface area contributed by atoms with Gasteiger partial charge < -0.3 is 14.1 Å². The Kier molecular flexibility index (Phi) is 4.91. The van der Waals surface area contributed by atoms with Crippen LogP contribution in [0.3, 0.4) is 0 Å². The summed E-state index contributed by atoms with van der Waals surface area (Å²) >= 11 is 0. The van der Waals surface area contributed by atoms with Gasteiger partial charge in [0.25, 0.3) is 0 Å². The van der Waals surface area contributed by atoms with Crippen LogP contribution >= 0.6 is 0 Å². The first kappa shape index (κ1) is 26.1. The Labute approximate surface area is 277 Å². The number of nitrogens with one attached hydrogen (secondary N) is 1. The molecule has 1 aliphatic rings. The highest BCUT2D eigenvalue weighted by Gasteiger charge is 2.36. The molecule has 3 nitrogen and oxygen atoms in total. The Morgan fingerprint density at radius 2 is 1.10 bits per heavy atom. The quantitative estimate of drug-likeness (QED) is 0.201. The SMILES string of the molecule is CC1(C)c2ccccc2-c2cc3c4ccccc4n(-c4cccc(-n5c6ccccc6c6ccc7[nH]c8ccccc8c7c65)c4)c3cc21. The third-order valence-electron chi connectivity index (χ3n) is 11.0. The molecule has 0 amide bonds. The molecule has 3 heterocycles. The van der Waals surface area contributed by atoms with E-state index in [0.717, 1.165) is 22.4 Å². The van der Waals surface area contributed by atoms with Gasteiger partial charge in [0.15, 0.2) is 0 Å². The van der Waals surface area contributed by atoms with Crippen LogP contribution in [0, 0.1) is 0 Å². The molecule has 0 fully saturated rings. The van der Waals surface area contributed by atoms with Gasteiger partial charge in [-0.1, -0.05) is 105 Å². The molecule has 48 heavy (non-hydrogen) atoms. The molecule has 7 aromatic carbocycles. The Hall–Kier alpha value is -6.06. The number of hydrogen-bond donors (Lipinski definition) is 1. The zero-order chi connectivity index (χ0) is 31.7. The molecular weight excluding hydrogens is 583 g/mol. The van der Waals surface area contributed by atoms with Gasteiger partial charge >= 0.3 is 0 Å². The largest absolute Gasteiger partial charge is 0.354 e. The molecule has 3 aromatic heterocycles. The highest BCUT2D eigenvalue weighted by Crippen LogP contribution is 2.51. The minimum atomic E-state index is -0.0725. The van der Waals surface area contributed by atoms with Gasteiger partial charge in [-0.25, -0.2) is 0 Å². The standard InChI is InChI=1S/C45H31N3/c1-45(2)36-18-7-3-14-29(36)34-25-35-31-16-6-9-20-40(31)47(42(35)26-37(34)45)27-12-11-13-28(24-27)48-41-21-10-5-15-30(41)32-22-23-39-43(44(32)48)33-17-4-8-19-38(33)46-39/h3-26,46H,1-2H3. The van der Waals surface area contributed by atoms with Crippen LogP contribution in [0.25, 0.3) is 87.9 Å². The maximum atomic E-state index is 3.68. The lowest BCUT2D eigenvalue weighted by Crippen LogP contribution is -2.15. The van der Waals surface area contributed by atoms with E-state index >= 15 is 0 Å². The van der Waals surface area contributed by atoms with Crippen molar-refractivity contribution in [3.05, 3.63) is 157 Å². The van der Waals surface area contributed by atoms with Crippen LogP contribution in [-0.4, -0.2) is 14.1 Å². The molecule has 0 bridgehead atoms. The van der Waals surface area contributed by atoms with Crippen LogP contribution in [0.1, 0.15) is 25.0 Å². The first-order chi connectivity index (χ1) is 23.6. The molecule has 226 valence electrons. The van der Waals surface area contributed by atoms with E-state index < -0.39 is 0 Å². The Morgan fingerprint density at radius 3 is 1.94 bits per heavy atom. The molecule has 0 unspecified atom stereocenters. The van der Waals surface area contributed by atoms with E-state index in [9.17, 15) is 0 Å². The lowest BCUT2D eigenvalue weighted by molar-refractivity contribution is 0.661. The summed E-state index contributed by atoms with van der Waals surface area (Å²) in [6, 6.07) is 53.8. The zero-order valence-electron chi connectivity index (χ0n) is 26.8. The summed E-state index contributed by atoms with van der Waals surface area (Å²) < 4.78 is 4.95. The van der Waals surface area contributed by atoms with Crippen LogP contribution in [0.4, 0.5) is 0 Å². The van der Waals surface area contributed by atoms with Crippen molar-refractivity contribution in [3.63, 3.8) is 0 Å². The van der Waals surface area contributed by atoms with Crippen LogP contribution in [-0.2, 0) is 5.41 Å². The summed E-state index contributed by atoms with van der Waals surface area (Å²) in [7, 11) is 0. The van der Waals surface area contributed by atoms with Crippen molar-refractivity contribution in [1.29, 1.82) is 0 Å². The number of benzene rings is 7. The predicted octanol–water partition coefficient (Wildman–Crippen LogP) is 11.8. The van der Waals surface area contributed by atoms with E-state index in [1.165, 1.54) is 76.6 Å². The molecule has 0 atom stereocenters. The van der Waals surface area contributed by atoms with Crippen LogP contribution in [0.5, 0.6) is 0 Å². The minimum absolute atomic E-state index is 0.0725. The molecule has 10 aromatic rings. The average molecular weight is 614 g/mol. The Balaban J connectivity index is 1.22. The summed E-state index contributed by atoms with van der Waals surface area (Å²) in [5.41, 5.74) is 15.0. The van der Waals surface area contributed by atoms with Gasteiger partial charge in [-0.3, -0.25) is 0 Å². The molecule has 1 N–H and O–H groups in total. The van der Waals surface area contributed by atoms with Gasteiger partial charge in [-0.15, -0.1) is 0 Å². The average Bonchev–Trinajstić information content (AvgIpc) is 3.83. The van der Waals surface area contributed by atoms with Crippen molar-refractivity contribution in [2.24, 2.45) is 0 Å². The molecule has 0 saturated carbocycles. The normalized spacial score (nSPS) is 13.8. The second-order valence-corrected chi connectivity index (χ2v) is 13.9. The maximum absolute atomic E-state index is 3.68. The van der Waals surface area contributed by atoms with Crippen molar-refractivity contribution in [3.8, 4) is 22.5 Å². The van der Waals surface area contributed by atoms with E-state index in [1.54, 1.807) is 0 Å². The van der Waals surface area contributed by atoms with Crippen molar-refractivity contribution in [2.75, 3.05) is 0 Å². The van der Waals surface area contributed by atoms with Gasteiger partial charge in [0.05, 0.1) is 22.1 Å². The van der Waals surface area contributed by atoms with E-state index in [1.807, 2.05) is 0 Å². The molecule has 1 aliphatic carbocycles. The number of aromatic amines is 1. The second-order valence-electron chi connectivity index (χ2n) is 13.9. The Bertz CT molecular complexity index is 2980. The van der Waals surface area contributed by atoms with Crippen LogP contribution in [0.15, 0.2) is 146 Å². The van der Waals surface area contributed by atoms with Crippen molar-refractivity contribution >= 4 is 65.4 Å². The monoisotopic (exact) mass is 613 g/mol. The number of fused-ring (bicyclic) bond motifs is 13. The van der Waals surface area contributed by atoms with E-state index in [2.05, 4.69) is 174 Å². The Morgan fingerprint density at radius 1 is 0.438 bits per heavy atom. The molecule has 0 saturated heterocycles. The number of aromatic nitrogens is 3. The molecule has 0 spiro atoms. The van der Waals surface area contributed by atoms with Crippen LogP contribution in [0.2, 0.25) is 0 Å². The highest BCUT2D eigenvalue weighted by atomic mass is 15.0. The van der Waals surface area contributed by atoms with Crippen LogP contribution < -0.4 is 0 Å². The lowest BCUT2D eigenvalue weighted by Gasteiger charge is -2.21. The fourth-order valence-corrected chi connectivity index (χ4v) is 8.87. The molecule has 0 radical (unpaired) electrons. The van der Waals surface area contributed by atoms with E-state index in [4.69, 9.17) is 0 Å². The van der Waals surface area contributed by atoms with E-state index in [-0.39, 0.29) is 5.41 Å². The summed E-state index contributed by atoms with van der Waals surface area (Å²) in [6.07, 6.45) is 0. The third kappa shape index (κ3) is 3.23. The smallest absolute Gasteiger partial charge is 0.0641 e. The number of rotatable bonds is 2. The number of para-hydroxylation sites is 3.